The third-order valence-corrected chi connectivity index (χ3v) is 10.5. The summed E-state index contributed by atoms with van der Waals surface area (Å²) in [5.74, 6) is 4.06. The van der Waals surface area contributed by atoms with E-state index in [9.17, 15) is 0 Å². The standard InChI is InChI=1S/C24H40O3Si2/c1-24(2,3)29(8,9)27-23(13-11-10-12-18-28(5,6)7)20-26-19-21-14-16-22(25-4)17-15-21/h10-11,14-17,23H,13,19-20H2,1-9H3/b11-10-/t23-/m0/s1. The fraction of sp³-hybridized carbons (Fsp3) is 0.583. The highest BCUT2D eigenvalue weighted by Gasteiger charge is 2.39. The molecule has 0 radical (unpaired) electrons. The minimum atomic E-state index is -1.87. The molecule has 5 heteroatoms. The molecular formula is C24H40O3Si2. The molecule has 0 spiro atoms. The second-order valence-electron chi connectivity index (χ2n) is 10.0. The van der Waals surface area contributed by atoms with Crippen LogP contribution in [-0.2, 0) is 15.8 Å². The summed E-state index contributed by atoms with van der Waals surface area (Å²) in [4.78, 5) is 0. The summed E-state index contributed by atoms with van der Waals surface area (Å²) < 4.78 is 17.9. The fourth-order valence-electron chi connectivity index (χ4n) is 2.31. The summed E-state index contributed by atoms with van der Waals surface area (Å²) in [6, 6.07) is 7.99. The molecule has 0 fully saturated rings. The Morgan fingerprint density at radius 3 is 2.17 bits per heavy atom. The normalized spacial score (nSPS) is 13.8. The maximum Gasteiger partial charge on any atom is 0.192 e. The molecule has 0 aliphatic rings. The summed E-state index contributed by atoms with van der Waals surface area (Å²) in [7, 11) is -1.52. The zero-order valence-corrected chi connectivity index (χ0v) is 21.9. The molecule has 0 N–H and O–H groups in total. The Hall–Kier alpha value is -1.33. The van der Waals surface area contributed by atoms with Crippen molar-refractivity contribution in [2.45, 2.75) is 77.7 Å². The maximum absolute atomic E-state index is 6.63. The second-order valence-corrected chi connectivity index (χ2v) is 19.5. The van der Waals surface area contributed by atoms with Gasteiger partial charge in [0.1, 0.15) is 13.8 Å². The van der Waals surface area contributed by atoms with Crippen molar-refractivity contribution in [2.75, 3.05) is 13.7 Å². The molecule has 0 unspecified atom stereocenters. The molecule has 162 valence electrons. The molecule has 1 aromatic rings. The van der Waals surface area contributed by atoms with E-state index in [-0.39, 0.29) is 11.1 Å². The Bertz CT molecular complexity index is 699. The summed E-state index contributed by atoms with van der Waals surface area (Å²) in [5.41, 5.74) is 4.50. The lowest BCUT2D eigenvalue weighted by Gasteiger charge is -2.39. The molecule has 0 bridgehead atoms. The van der Waals surface area contributed by atoms with Crippen molar-refractivity contribution >= 4 is 16.4 Å². The van der Waals surface area contributed by atoms with Crippen molar-refractivity contribution in [2.24, 2.45) is 0 Å². The molecule has 0 aliphatic carbocycles. The van der Waals surface area contributed by atoms with E-state index in [4.69, 9.17) is 13.9 Å². The Morgan fingerprint density at radius 2 is 1.66 bits per heavy atom. The molecule has 1 aromatic carbocycles. The minimum Gasteiger partial charge on any atom is -0.497 e. The lowest BCUT2D eigenvalue weighted by molar-refractivity contribution is 0.0358. The van der Waals surface area contributed by atoms with E-state index in [1.54, 1.807) is 7.11 Å². The highest BCUT2D eigenvalue weighted by Crippen LogP contribution is 2.37. The van der Waals surface area contributed by atoms with Crippen LogP contribution in [0.25, 0.3) is 0 Å². The van der Waals surface area contributed by atoms with Gasteiger partial charge in [0.15, 0.2) is 8.32 Å². The van der Waals surface area contributed by atoms with Gasteiger partial charge >= 0.3 is 0 Å². The first-order valence-corrected chi connectivity index (χ1v) is 16.8. The van der Waals surface area contributed by atoms with E-state index in [2.05, 4.69) is 71.0 Å². The van der Waals surface area contributed by atoms with E-state index in [0.717, 1.165) is 17.7 Å². The van der Waals surface area contributed by atoms with Gasteiger partial charge in [-0.3, -0.25) is 0 Å². The fourth-order valence-corrected chi connectivity index (χ4v) is 4.18. The number of methoxy groups -OCH3 is 1. The Balaban J connectivity index is 2.72. The predicted octanol–water partition coefficient (Wildman–Crippen LogP) is 6.43. The topological polar surface area (TPSA) is 27.7 Å². The zero-order valence-electron chi connectivity index (χ0n) is 19.9. The van der Waals surface area contributed by atoms with Gasteiger partial charge in [0.25, 0.3) is 0 Å². The molecule has 0 heterocycles. The summed E-state index contributed by atoms with van der Waals surface area (Å²) >= 11 is 0. The van der Waals surface area contributed by atoms with Crippen molar-refractivity contribution in [3.05, 3.63) is 42.0 Å². The maximum atomic E-state index is 6.63. The van der Waals surface area contributed by atoms with Crippen LogP contribution in [0.4, 0.5) is 0 Å². The number of allylic oxidation sites excluding steroid dienone is 1. The van der Waals surface area contributed by atoms with Crippen molar-refractivity contribution in [1.29, 1.82) is 0 Å². The van der Waals surface area contributed by atoms with Crippen LogP contribution in [0.1, 0.15) is 32.8 Å². The van der Waals surface area contributed by atoms with Crippen LogP contribution in [0.3, 0.4) is 0 Å². The second kappa shape index (κ2) is 11.2. The first kappa shape index (κ1) is 25.7. The lowest BCUT2D eigenvalue weighted by atomic mass is 10.2. The number of benzene rings is 1. The summed E-state index contributed by atoms with van der Waals surface area (Å²) in [6.07, 6.45) is 4.96. The molecule has 1 rings (SSSR count). The Morgan fingerprint density at radius 1 is 1.03 bits per heavy atom. The van der Waals surface area contributed by atoms with Crippen LogP contribution >= 0.6 is 0 Å². The van der Waals surface area contributed by atoms with Crippen LogP contribution in [-0.4, -0.2) is 36.2 Å². The van der Waals surface area contributed by atoms with Crippen LogP contribution in [0.5, 0.6) is 5.75 Å². The largest absolute Gasteiger partial charge is 0.497 e. The average Bonchev–Trinajstić information content (AvgIpc) is 2.59. The van der Waals surface area contributed by atoms with Crippen LogP contribution < -0.4 is 4.74 Å². The van der Waals surface area contributed by atoms with E-state index in [0.29, 0.717) is 13.2 Å². The number of hydrogen-bond donors (Lipinski definition) is 0. The third-order valence-electron chi connectivity index (χ3n) is 5.05. The van der Waals surface area contributed by atoms with E-state index in [1.165, 1.54) is 0 Å². The van der Waals surface area contributed by atoms with Crippen LogP contribution in [0.15, 0.2) is 36.4 Å². The van der Waals surface area contributed by atoms with Crippen molar-refractivity contribution < 1.29 is 13.9 Å². The molecule has 0 aromatic heterocycles. The molecule has 0 aliphatic heterocycles. The molecule has 0 amide bonds. The molecule has 29 heavy (non-hydrogen) atoms. The molecule has 0 saturated carbocycles. The van der Waals surface area contributed by atoms with Gasteiger partial charge in [-0.1, -0.05) is 64.5 Å². The van der Waals surface area contributed by atoms with Gasteiger partial charge in [0.2, 0.25) is 0 Å². The van der Waals surface area contributed by atoms with Gasteiger partial charge in [0, 0.05) is 0 Å². The molecule has 3 nitrogen and oxygen atoms in total. The monoisotopic (exact) mass is 432 g/mol. The van der Waals surface area contributed by atoms with E-state index in [1.807, 2.05) is 30.3 Å². The zero-order chi connectivity index (χ0) is 22.1. The van der Waals surface area contributed by atoms with Gasteiger partial charge in [-0.2, -0.15) is 0 Å². The van der Waals surface area contributed by atoms with Crippen molar-refractivity contribution in [3.63, 3.8) is 0 Å². The Kier molecular flexibility index (Phi) is 9.90. The van der Waals surface area contributed by atoms with Crippen molar-refractivity contribution in [1.82, 2.24) is 0 Å². The first-order valence-electron chi connectivity index (χ1n) is 10.4. The van der Waals surface area contributed by atoms with Crippen molar-refractivity contribution in [3.8, 4) is 17.2 Å². The van der Waals surface area contributed by atoms with Gasteiger partial charge in [-0.25, -0.2) is 0 Å². The van der Waals surface area contributed by atoms with E-state index >= 15 is 0 Å². The smallest absolute Gasteiger partial charge is 0.192 e. The number of ether oxygens (including phenoxy) is 2. The first-order chi connectivity index (χ1) is 13.3. The lowest BCUT2D eigenvalue weighted by Crippen LogP contribution is -2.45. The van der Waals surface area contributed by atoms with E-state index < -0.39 is 16.4 Å². The van der Waals surface area contributed by atoms with Gasteiger partial charge in [-0.15, -0.1) is 5.54 Å². The number of rotatable bonds is 9. The highest BCUT2D eigenvalue weighted by atomic mass is 28.4. The predicted molar refractivity (Wildman–Crippen MR) is 130 cm³/mol. The van der Waals surface area contributed by atoms with Gasteiger partial charge < -0.3 is 13.9 Å². The quantitative estimate of drug-likeness (QED) is 0.332. The Labute approximate surface area is 181 Å². The van der Waals surface area contributed by atoms with Gasteiger partial charge in [0.05, 0.1) is 26.4 Å². The SMILES string of the molecule is COc1ccc(COC[C@H](C/C=C\C#C[Si](C)(C)C)O[Si](C)(C)C(C)(C)C)cc1. The summed E-state index contributed by atoms with van der Waals surface area (Å²) in [6.45, 7) is 19.3. The van der Waals surface area contributed by atoms with Gasteiger partial charge in [-0.05, 0) is 48.3 Å². The molecule has 1 atom stereocenters. The average molecular weight is 433 g/mol. The summed E-state index contributed by atoms with van der Waals surface area (Å²) in [5, 5.41) is 0.169. The molecule has 0 saturated heterocycles. The molecular weight excluding hydrogens is 392 g/mol. The third kappa shape index (κ3) is 10.3. The minimum absolute atomic E-state index is 0.0408. The van der Waals surface area contributed by atoms with Crippen LogP contribution in [0, 0.1) is 11.5 Å². The van der Waals surface area contributed by atoms with Crippen LogP contribution in [0.2, 0.25) is 37.8 Å². The highest BCUT2D eigenvalue weighted by molar-refractivity contribution is 6.83. The number of hydrogen-bond acceptors (Lipinski definition) is 3.